The van der Waals surface area contributed by atoms with E-state index in [-0.39, 0.29) is 43.1 Å². The van der Waals surface area contributed by atoms with Gasteiger partial charge in [-0.05, 0) is 13.0 Å². The summed E-state index contributed by atoms with van der Waals surface area (Å²) in [6.07, 6.45) is 1.60. The van der Waals surface area contributed by atoms with Crippen LogP contribution >= 0.6 is 24.0 Å². The second kappa shape index (κ2) is 10.2. The van der Waals surface area contributed by atoms with Crippen molar-refractivity contribution in [3.05, 3.63) is 29.8 Å². The average Bonchev–Trinajstić information content (AvgIpc) is 3.25. The van der Waals surface area contributed by atoms with E-state index in [2.05, 4.69) is 30.6 Å². The molecule has 0 radical (unpaired) electrons. The van der Waals surface area contributed by atoms with Crippen molar-refractivity contribution in [1.29, 1.82) is 0 Å². The number of nitrogens with one attached hydrogen (secondary N) is 2. The summed E-state index contributed by atoms with van der Waals surface area (Å²) in [4.78, 5) is 4.42. The van der Waals surface area contributed by atoms with Gasteiger partial charge in [-0.25, -0.2) is 4.99 Å². The fourth-order valence-electron chi connectivity index (χ4n) is 2.43. The molecule has 0 unspecified atom stereocenters. The summed E-state index contributed by atoms with van der Waals surface area (Å²) in [5.74, 6) is 2.07. The number of hydrogen-bond acceptors (Lipinski definition) is 6. The van der Waals surface area contributed by atoms with Gasteiger partial charge in [0.1, 0.15) is 12.1 Å². The van der Waals surface area contributed by atoms with Crippen molar-refractivity contribution in [2.24, 2.45) is 12.0 Å². The van der Waals surface area contributed by atoms with Gasteiger partial charge in [0.05, 0.1) is 13.1 Å². The Balaban J connectivity index is 0.00000280. The SMILES string of the molecule is CCNC(=NCc1cc2c(cc1OC(F)F)OCO2)NCc1nncn1C.I. The highest BCUT2D eigenvalue weighted by molar-refractivity contribution is 14.0. The zero-order chi connectivity index (χ0) is 19.2. The van der Waals surface area contributed by atoms with Gasteiger partial charge in [0, 0.05) is 25.2 Å². The van der Waals surface area contributed by atoms with Crippen LogP contribution < -0.4 is 24.8 Å². The Bertz CT molecular complexity index is 818. The van der Waals surface area contributed by atoms with Gasteiger partial charge in [-0.2, -0.15) is 8.78 Å². The molecule has 1 aromatic heterocycles. The molecule has 0 fully saturated rings. The highest BCUT2D eigenvalue weighted by Gasteiger charge is 2.20. The van der Waals surface area contributed by atoms with Crippen molar-refractivity contribution in [1.82, 2.24) is 25.4 Å². The van der Waals surface area contributed by atoms with Crippen molar-refractivity contribution < 1.29 is 23.0 Å². The Hall–Kier alpha value is -2.38. The van der Waals surface area contributed by atoms with Gasteiger partial charge in [0.2, 0.25) is 6.79 Å². The zero-order valence-electron chi connectivity index (χ0n) is 15.3. The van der Waals surface area contributed by atoms with Gasteiger partial charge in [-0.15, -0.1) is 34.2 Å². The van der Waals surface area contributed by atoms with Crippen molar-refractivity contribution in [3.8, 4) is 17.2 Å². The summed E-state index contributed by atoms with van der Waals surface area (Å²) < 4.78 is 42.3. The van der Waals surface area contributed by atoms with E-state index < -0.39 is 6.61 Å². The highest BCUT2D eigenvalue weighted by Crippen LogP contribution is 2.38. The predicted octanol–water partition coefficient (Wildman–Crippen LogP) is 2.02. The van der Waals surface area contributed by atoms with E-state index in [0.29, 0.717) is 36.1 Å². The van der Waals surface area contributed by atoms with Gasteiger partial charge in [0.15, 0.2) is 23.3 Å². The lowest BCUT2D eigenvalue weighted by Crippen LogP contribution is -2.37. The minimum absolute atomic E-state index is 0. The topological polar surface area (TPSA) is 94.8 Å². The Morgan fingerprint density at radius 1 is 1.32 bits per heavy atom. The number of ether oxygens (including phenoxy) is 3. The van der Waals surface area contributed by atoms with E-state index >= 15 is 0 Å². The van der Waals surface area contributed by atoms with Crippen molar-refractivity contribution in [2.45, 2.75) is 26.6 Å². The predicted molar refractivity (Wildman–Crippen MR) is 107 cm³/mol. The molecule has 12 heteroatoms. The zero-order valence-corrected chi connectivity index (χ0v) is 17.6. The van der Waals surface area contributed by atoms with E-state index in [0.717, 1.165) is 5.82 Å². The molecule has 0 amide bonds. The standard InChI is InChI=1S/C16H20F2N6O3.HI/c1-3-19-16(21-7-14-23-22-8-24(14)2)20-6-10-4-12-13(26-9-25-12)5-11(10)27-15(17)18;/h4-5,8,15H,3,6-7,9H2,1-2H3,(H2,19,20,21);1H. The van der Waals surface area contributed by atoms with Gasteiger partial charge in [0.25, 0.3) is 0 Å². The van der Waals surface area contributed by atoms with Crippen molar-refractivity contribution in [3.63, 3.8) is 0 Å². The van der Waals surface area contributed by atoms with E-state index in [1.54, 1.807) is 17.0 Å². The molecule has 1 aromatic carbocycles. The minimum atomic E-state index is -2.95. The fraction of sp³-hybridized carbons (Fsp3) is 0.438. The number of halogens is 3. The third-order valence-electron chi connectivity index (χ3n) is 3.74. The number of guanidine groups is 1. The summed E-state index contributed by atoms with van der Waals surface area (Å²) in [7, 11) is 1.83. The molecule has 2 N–H and O–H groups in total. The maximum Gasteiger partial charge on any atom is 0.387 e. The Morgan fingerprint density at radius 3 is 2.71 bits per heavy atom. The maximum atomic E-state index is 12.7. The summed E-state index contributed by atoms with van der Waals surface area (Å²) in [6, 6.07) is 2.98. The number of rotatable bonds is 7. The van der Waals surface area contributed by atoms with Crippen LogP contribution in [0, 0.1) is 0 Å². The molecule has 0 bridgehead atoms. The molecule has 2 heterocycles. The molecule has 0 atom stereocenters. The number of fused-ring (bicyclic) bond motifs is 1. The number of benzene rings is 1. The third-order valence-corrected chi connectivity index (χ3v) is 3.74. The van der Waals surface area contributed by atoms with Gasteiger partial charge in [-0.3, -0.25) is 0 Å². The highest BCUT2D eigenvalue weighted by atomic mass is 127. The number of aliphatic imine (C=N–C) groups is 1. The normalized spacial score (nSPS) is 12.7. The van der Waals surface area contributed by atoms with Crippen LogP contribution in [0.3, 0.4) is 0 Å². The van der Waals surface area contributed by atoms with Crippen LogP contribution in [0.15, 0.2) is 23.5 Å². The van der Waals surface area contributed by atoms with Gasteiger partial charge in [-0.1, -0.05) is 0 Å². The molecule has 0 saturated carbocycles. The Labute approximate surface area is 177 Å². The molecule has 9 nitrogen and oxygen atoms in total. The minimum Gasteiger partial charge on any atom is -0.454 e. The smallest absolute Gasteiger partial charge is 0.387 e. The summed E-state index contributed by atoms with van der Waals surface area (Å²) in [6.45, 7) is 0.155. The lowest BCUT2D eigenvalue weighted by Gasteiger charge is -2.13. The maximum absolute atomic E-state index is 12.7. The van der Waals surface area contributed by atoms with Crippen molar-refractivity contribution >= 4 is 29.9 Å². The molecule has 28 heavy (non-hydrogen) atoms. The van der Waals surface area contributed by atoms with E-state index in [1.807, 2.05) is 14.0 Å². The number of aromatic nitrogens is 3. The average molecular weight is 510 g/mol. The summed E-state index contributed by atoms with van der Waals surface area (Å²) >= 11 is 0. The molecule has 1 aliphatic rings. The van der Waals surface area contributed by atoms with Crippen LogP contribution in [0.2, 0.25) is 0 Å². The Morgan fingerprint density at radius 2 is 2.07 bits per heavy atom. The summed E-state index contributed by atoms with van der Waals surface area (Å²) in [5.41, 5.74) is 0.454. The van der Waals surface area contributed by atoms with Crippen LogP contribution in [-0.2, 0) is 20.1 Å². The van der Waals surface area contributed by atoms with Crippen LogP contribution in [0.1, 0.15) is 18.3 Å². The van der Waals surface area contributed by atoms with E-state index in [1.165, 1.54) is 6.07 Å². The second-order valence-corrected chi connectivity index (χ2v) is 5.60. The van der Waals surface area contributed by atoms with Crippen LogP contribution in [-0.4, -0.2) is 40.7 Å². The Kier molecular flexibility index (Phi) is 8.02. The number of nitrogens with zero attached hydrogens (tertiary/aromatic N) is 4. The van der Waals surface area contributed by atoms with Gasteiger partial charge < -0.3 is 29.4 Å². The first-order valence-corrected chi connectivity index (χ1v) is 8.29. The largest absolute Gasteiger partial charge is 0.454 e. The monoisotopic (exact) mass is 510 g/mol. The van der Waals surface area contributed by atoms with Gasteiger partial charge >= 0.3 is 6.61 Å². The molecule has 154 valence electrons. The van der Waals surface area contributed by atoms with Crippen molar-refractivity contribution in [2.75, 3.05) is 13.3 Å². The molecule has 0 spiro atoms. The van der Waals surface area contributed by atoms with E-state index in [9.17, 15) is 8.78 Å². The molecule has 0 saturated heterocycles. The first-order valence-electron chi connectivity index (χ1n) is 8.29. The fourth-order valence-corrected chi connectivity index (χ4v) is 2.43. The summed E-state index contributed by atoms with van der Waals surface area (Å²) in [5, 5.41) is 14.0. The number of alkyl halides is 2. The number of hydrogen-bond donors (Lipinski definition) is 2. The first kappa shape index (κ1) is 21.9. The molecular formula is C16H21F2IN6O3. The number of aryl methyl sites for hydroxylation is 1. The molecular weight excluding hydrogens is 489 g/mol. The lowest BCUT2D eigenvalue weighted by molar-refractivity contribution is -0.0505. The molecule has 0 aliphatic carbocycles. The van der Waals surface area contributed by atoms with Crippen LogP contribution in [0.25, 0.3) is 0 Å². The molecule has 1 aliphatic heterocycles. The molecule has 3 rings (SSSR count). The molecule has 2 aromatic rings. The quantitative estimate of drug-likeness (QED) is 0.335. The second-order valence-electron chi connectivity index (χ2n) is 5.60. The van der Waals surface area contributed by atoms with E-state index in [4.69, 9.17) is 9.47 Å². The van der Waals surface area contributed by atoms with Crippen LogP contribution in [0.4, 0.5) is 8.78 Å². The van der Waals surface area contributed by atoms with Crippen LogP contribution in [0.5, 0.6) is 17.2 Å². The third kappa shape index (κ3) is 5.56. The first-order chi connectivity index (χ1) is 13.1. The lowest BCUT2D eigenvalue weighted by atomic mass is 10.1.